The van der Waals surface area contributed by atoms with E-state index in [4.69, 9.17) is 10.2 Å². The topological polar surface area (TPSA) is 68.3 Å². The number of nitrogens with one attached hydrogen (secondary N) is 1. The van der Waals surface area contributed by atoms with Gasteiger partial charge in [0.2, 0.25) is 0 Å². The van der Waals surface area contributed by atoms with E-state index in [-0.39, 0.29) is 11.9 Å². The van der Waals surface area contributed by atoms with Crippen molar-refractivity contribution >= 4 is 11.6 Å². The van der Waals surface area contributed by atoms with Crippen LogP contribution in [0.1, 0.15) is 46.0 Å². The summed E-state index contributed by atoms with van der Waals surface area (Å²) in [6.07, 6.45) is 0. The average Bonchev–Trinajstić information content (AvgIpc) is 2.80. The number of hydrogen-bond acceptors (Lipinski definition) is 3. The molecule has 0 bridgehead atoms. The molecule has 106 valence electrons. The van der Waals surface area contributed by atoms with Crippen LogP contribution in [0.15, 0.2) is 28.7 Å². The van der Waals surface area contributed by atoms with Gasteiger partial charge in [0.05, 0.1) is 6.04 Å². The van der Waals surface area contributed by atoms with Gasteiger partial charge in [0.15, 0.2) is 0 Å². The monoisotopic (exact) mass is 272 g/mol. The van der Waals surface area contributed by atoms with Crippen molar-refractivity contribution in [2.45, 2.75) is 33.7 Å². The van der Waals surface area contributed by atoms with Gasteiger partial charge in [-0.2, -0.15) is 0 Å². The Bertz CT molecular complexity index is 644. The summed E-state index contributed by atoms with van der Waals surface area (Å²) in [4.78, 5) is 12.3. The Hall–Kier alpha value is -2.23. The number of hydrogen-bond donors (Lipinski definition) is 2. The molecule has 0 saturated heterocycles. The minimum Gasteiger partial charge on any atom is -0.464 e. The van der Waals surface area contributed by atoms with E-state index in [1.807, 2.05) is 45.9 Å². The van der Waals surface area contributed by atoms with Gasteiger partial charge in [-0.1, -0.05) is 6.07 Å². The minimum absolute atomic E-state index is 0.143. The first-order valence-corrected chi connectivity index (χ1v) is 6.62. The lowest BCUT2D eigenvalue weighted by Crippen LogP contribution is -2.27. The third-order valence-electron chi connectivity index (χ3n) is 3.39. The lowest BCUT2D eigenvalue weighted by atomic mass is 10.0. The Morgan fingerprint density at radius 2 is 1.90 bits per heavy atom. The zero-order chi connectivity index (χ0) is 14.9. The molecule has 1 aromatic heterocycles. The second-order valence-electron chi connectivity index (χ2n) is 5.17. The number of benzene rings is 1. The molecule has 0 aliphatic rings. The Morgan fingerprint density at radius 3 is 2.50 bits per heavy atom. The number of carbonyl (C=O) groups excluding carboxylic acids is 1. The fraction of sp³-hybridized carbons (Fsp3) is 0.312. The van der Waals surface area contributed by atoms with Crippen LogP contribution in [-0.2, 0) is 0 Å². The molecule has 0 fully saturated rings. The van der Waals surface area contributed by atoms with Crippen LogP contribution >= 0.6 is 0 Å². The molecule has 0 radical (unpaired) electrons. The summed E-state index contributed by atoms with van der Waals surface area (Å²) in [6.45, 7) is 7.60. The van der Waals surface area contributed by atoms with Gasteiger partial charge in [-0.05, 0) is 57.0 Å². The zero-order valence-electron chi connectivity index (χ0n) is 12.3. The van der Waals surface area contributed by atoms with Crippen molar-refractivity contribution < 1.29 is 9.21 Å². The first-order valence-electron chi connectivity index (χ1n) is 6.62. The second kappa shape index (κ2) is 5.41. The van der Waals surface area contributed by atoms with Gasteiger partial charge >= 0.3 is 0 Å². The molecule has 2 aromatic rings. The van der Waals surface area contributed by atoms with Gasteiger partial charge in [0.25, 0.3) is 5.91 Å². The van der Waals surface area contributed by atoms with Crippen molar-refractivity contribution in [1.82, 2.24) is 5.32 Å². The third-order valence-corrected chi connectivity index (χ3v) is 3.39. The molecule has 0 saturated carbocycles. The molecule has 0 spiro atoms. The van der Waals surface area contributed by atoms with Gasteiger partial charge in [0.1, 0.15) is 11.5 Å². The smallest absolute Gasteiger partial charge is 0.252 e. The molecule has 4 heteroatoms. The van der Waals surface area contributed by atoms with E-state index >= 15 is 0 Å². The fourth-order valence-corrected chi connectivity index (χ4v) is 2.15. The molecule has 1 aromatic carbocycles. The Labute approximate surface area is 119 Å². The highest BCUT2D eigenvalue weighted by Gasteiger charge is 2.16. The van der Waals surface area contributed by atoms with Gasteiger partial charge < -0.3 is 15.5 Å². The molecular formula is C16H20N2O2. The Balaban J connectivity index is 2.18. The number of amides is 1. The number of carbonyl (C=O) groups is 1. The van der Waals surface area contributed by atoms with Crippen molar-refractivity contribution in [3.05, 3.63) is 52.5 Å². The van der Waals surface area contributed by atoms with Crippen molar-refractivity contribution in [2.75, 3.05) is 5.73 Å². The molecule has 20 heavy (non-hydrogen) atoms. The number of nitrogens with two attached hydrogens (primary N) is 1. The Kier molecular flexibility index (Phi) is 3.84. The van der Waals surface area contributed by atoms with Gasteiger partial charge in [0, 0.05) is 11.3 Å². The van der Waals surface area contributed by atoms with Crippen LogP contribution in [0, 0.1) is 20.8 Å². The van der Waals surface area contributed by atoms with Gasteiger partial charge in [-0.25, -0.2) is 0 Å². The molecular weight excluding hydrogens is 252 g/mol. The minimum atomic E-state index is -0.182. The molecule has 0 aliphatic heterocycles. The molecule has 4 nitrogen and oxygen atoms in total. The van der Waals surface area contributed by atoms with Crippen LogP contribution in [0.25, 0.3) is 0 Å². The number of nitrogen functional groups attached to an aromatic ring is 1. The summed E-state index contributed by atoms with van der Waals surface area (Å²) in [5.41, 5.74) is 9.00. The first-order chi connectivity index (χ1) is 9.38. The number of aryl methyl sites for hydroxylation is 3. The molecule has 0 aliphatic carbocycles. The quantitative estimate of drug-likeness (QED) is 0.842. The van der Waals surface area contributed by atoms with Crippen molar-refractivity contribution in [3.8, 4) is 0 Å². The maximum Gasteiger partial charge on any atom is 0.252 e. The maximum absolute atomic E-state index is 12.3. The van der Waals surface area contributed by atoms with Crippen molar-refractivity contribution in [1.29, 1.82) is 0 Å². The lowest BCUT2D eigenvalue weighted by Gasteiger charge is -2.14. The largest absolute Gasteiger partial charge is 0.464 e. The molecule has 3 N–H and O–H groups in total. The van der Waals surface area contributed by atoms with E-state index in [1.54, 1.807) is 6.07 Å². The highest BCUT2D eigenvalue weighted by atomic mass is 16.3. The molecule has 2 rings (SSSR count). The van der Waals surface area contributed by atoms with E-state index in [0.29, 0.717) is 11.3 Å². The fourth-order valence-electron chi connectivity index (χ4n) is 2.15. The summed E-state index contributed by atoms with van der Waals surface area (Å²) in [5, 5.41) is 2.93. The molecule has 1 amide bonds. The first kappa shape index (κ1) is 14.2. The van der Waals surface area contributed by atoms with Crippen LogP contribution in [0.5, 0.6) is 0 Å². The zero-order valence-corrected chi connectivity index (χ0v) is 12.3. The predicted molar refractivity (Wildman–Crippen MR) is 79.7 cm³/mol. The molecule has 1 atom stereocenters. The molecule has 1 heterocycles. The normalized spacial score (nSPS) is 12.2. The van der Waals surface area contributed by atoms with E-state index in [1.165, 1.54) is 0 Å². The molecule has 1 unspecified atom stereocenters. The van der Waals surface area contributed by atoms with E-state index in [0.717, 1.165) is 22.6 Å². The third kappa shape index (κ3) is 2.85. The van der Waals surface area contributed by atoms with Crippen LogP contribution in [0.3, 0.4) is 0 Å². The van der Waals surface area contributed by atoms with E-state index in [9.17, 15) is 4.79 Å². The summed E-state index contributed by atoms with van der Waals surface area (Å²) in [6, 6.07) is 7.22. The predicted octanol–water partition coefficient (Wildman–Crippen LogP) is 3.28. The van der Waals surface area contributed by atoms with Crippen molar-refractivity contribution in [2.24, 2.45) is 0 Å². The number of furan rings is 1. The summed E-state index contributed by atoms with van der Waals surface area (Å²) < 4.78 is 5.52. The number of anilines is 1. The number of rotatable bonds is 3. The average molecular weight is 272 g/mol. The SMILES string of the molecule is Cc1ccc(C(C)NC(=O)c2cc(N)c(C)cc2C)o1. The Morgan fingerprint density at radius 1 is 1.20 bits per heavy atom. The lowest BCUT2D eigenvalue weighted by molar-refractivity contribution is 0.0934. The van der Waals surface area contributed by atoms with Crippen LogP contribution in [-0.4, -0.2) is 5.91 Å². The van der Waals surface area contributed by atoms with Crippen LogP contribution in [0.4, 0.5) is 5.69 Å². The van der Waals surface area contributed by atoms with Crippen LogP contribution < -0.4 is 11.1 Å². The van der Waals surface area contributed by atoms with Crippen LogP contribution in [0.2, 0.25) is 0 Å². The van der Waals surface area contributed by atoms with Gasteiger partial charge in [-0.3, -0.25) is 4.79 Å². The van der Waals surface area contributed by atoms with Gasteiger partial charge in [-0.15, -0.1) is 0 Å². The highest BCUT2D eigenvalue weighted by molar-refractivity contribution is 5.96. The second-order valence-corrected chi connectivity index (χ2v) is 5.17. The van der Waals surface area contributed by atoms with E-state index in [2.05, 4.69) is 5.32 Å². The van der Waals surface area contributed by atoms with Crippen molar-refractivity contribution in [3.63, 3.8) is 0 Å². The highest BCUT2D eigenvalue weighted by Crippen LogP contribution is 2.20. The summed E-state index contributed by atoms with van der Waals surface area (Å²) in [7, 11) is 0. The standard InChI is InChI=1S/C16H20N2O2/c1-9-7-10(2)14(17)8-13(9)16(19)18-12(4)15-6-5-11(3)20-15/h5-8,12H,17H2,1-4H3,(H,18,19). The van der Waals surface area contributed by atoms with E-state index < -0.39 is 0 Å². The maximum atomic E-state index is 12.3. The summed E-state index contributed by atoms with van der Waals surface area (Å²) >= 11 is 0. The summed E-state index contributed by atoms with van der Waals surface area (Å²) in [5.74, 6) is 1.43.